The summed E-state index contributed by atoms with van der Waals surface area (Å²) in [6.45, 7) is 2.75. The van der Waals surface area contributed by atoms with E-state index in [-0.39, 0.29) is 37.1 Å². The third-order valence-electron chi connectivity index (χ3n) is 4.25. The van der Waals surface area contributed by atoms with Gasteiger partial charge in [0.25, 0.3) is 5.91 Å². The molecule has 0 atom stereocenters. The lowest BCUT2D eigenvalue weighted by Crippen LogP contribution is -2.28. The Balaban J connectivity index is 1.59. The molecule has 2 aromatic carbocycles. The van der Waals surface area contributed by atoms with Crippen LogP contribution in [0.2, 0.25) is 0 Å². The number of hydrogen-bond donors (Lipinski definition) is 1. The van der Waals surface area contributed by atoms with Gasteiger partial charge in [-0.1, -0.05) is 42.0 Å². The SMILES string of the molecule is Cc1cccc(CNC(=O)c2ccc(CN3C(=O)CCC3=O)cc2)c1. The third kappa shape index (κ3) is 4.12. The molecule has 128 valence electrons. The van der Waals surface area contributed by atoms with E-state index in [2.05, 4.69) is 5.32 Å². The predicted molar refractivity (Wildman–Crippen MR) is 93.6 cm³/mol. The number of nitrogens with one attached hydrogen (secondary N) is 1. The third-order valence-corrected chi connectivity index (χ3v) is 4.25. The Morgan fingerprint density at radius 1 is 1.00 bits per heavy atom. The summed E-state index contributed by atoms with van der Waals surface area (Å²) < 4.78 is 0. The Bertz CT molecular complexity index is 796. The predicted octanol–water partition coefficient (Wildman–Crippen LogP) is 2.57. The maximum absolute atomic E-state index is 12.2. The summed E-state index contributed by atoms with van der Waals surface area (Å²) >= 11 is 0. The molecule has 2 aromatic rings. The Kier molecular flexibility index (Phi) is 4.93. The van der Waals surface area contributed by atoms with E-state index in [1.807, 2.05) is 31.2 Å². The molecule has 3 rings (SSSR count). The minimum absolute atomic E-state index is 0.134. The van der Waals surface area contributed by atoms with Crippen LogP contribution in [0.3, 0.4) is 0 Å². The number of carbonyl (C=O) groups excluding carboxylic acids is 3. The molecule has 3 amide bonds. The monoisotopic (exact) mass is 336 g/mol. The Morgan fingerprint density at radius 3 is 2.32 bits per heavy atom. The quantitative estimate of drug-likeness (QED) is 0.854. The highest BCUT2D eigenvalue weighted by Crippen LogP contribution is 2.16. The zero-order valence-electron chi connectivity index (χ0n) is 14.1. The number of imide groups is 1. The van der Waals surface area contributed by atoms with Crippen molar-refractivity contribution in [3.8, 4) is 0 Å². The Morgan fingerprint density at radius 2 is 1.68 bits per heavy atom. The van der Waals surface area contributed by atoms with E-state index in [1.54, 1.807) is 24.3 Å². The molecule has 25 heavy (non-hydrogen) atoms. The highest BCUT2D eigenvalue weighted by Gasteiger charge is 2.28. The number of likely N-dealkylation sites (tertiary alicyclic amines) is 1. The van der Waals surface area contributed by atoms with Gasteiger partial charge in [0.05, 0.1) is 6.54 Å². The first kappa shape index (κ1) is 16.9. The molecule has 1 N–H and O–H groups in total. The lowest BCUT2D eigenvalue weighted by molar-refractivity contribution is -0.139. The van der Waals surface area contributed by atoms with Crippen molar-refractivity contribution in [3.05, 3.63) is 70.8 Å². The van der Waals surface area contributed by atoms with Gasteiger partial charge >= 0.3 is 0 Å². The van der Waals surface area contributed by atoms with Gasteiger partial charge in [-0.3, -0.25) is 19.3 Å². The average molecular weight is 336 g/mol. The molecular formula is C20H20N2O3. The molecule has 0 saturated carbocycles. The molecule has 0 aliphatic carbocycles. The second kappa shape index (κ2) is 7.30. The number of benzene rings is 2. The van der Waals surface area contributed by atoms with Crippen LogP contribution in [0.25, 0.3) is 0 Å². The van der Waals surface area contributed by atoms with Crippen LogP contribution in [-0.4, -0.2) is 22.6 Å². The molecular weight excluding hydrogens is 316 g/mol. The van der Waals surface area contributed by atoms with Gasteiger partial charge in [0, 0.05) is 24.9 Å². The second-order valence-electron chi connectivity index (χ2n) is 6.24. The van der Waals surface area contributed by atoms with Crippen molar-refractivity contribution < 1.29 is 14.4 Å². The summed E-state index contributed by atoms with van der Waals surface area (Å²) in [6, 6.07) is 15.0. The fraction of sp³-hybridized carbons (Fsp3) is 0.250. The lowest BCUT2D eigenvalue weighted by atomic mass is 10.1. The van der Waals surface area contributed by atoms with Gasteiger partial charge < -0.3 is 5.32 Å². The van der Waals surface area contributed by atoms with Crippen LogP contribution in [0.5, 0.6) is 0 Å². The van der Waals surface area contributed by atoms with Crippen LogP contribution in [-0.2, 0) is 22.7 Å². The van der Waals surface area contributed by atoms with Crippen LogP contribution in [0.1, 0.15) is 39.9 Å². The van der Waals surface area contributed by atoms with Crippen LogP contribution in [0.15, 0.2) is 48.5 Å². The van der Waals surface area contributed by atoms with E-state index in [4.69, 9.17) is 0 Å². The number of amides is 3. The molecule has 5 nitrogen and oxygen atoms in total. The number of nitrogens with zero attached hydrogens (tertiary/aromatic N) is 1. The van der Waals surface area contributed by atoms with Crippen molar-refractivity contribution in [1.29, 1.82) is 0 Å². The molecule has 0 radical (unpaired) electrons. The topological polar surface area (TPSA) is 66.5 Å². The van der Waals surface area contributed by atoms with Gasteiger partial charge in [-0.25, -0.2) is 0 Å². The highest BCUT2D eigenvalue weighted by molar-refractivity contribution is 6.01. The maximum Gasteiger partial charge on any atom is 0.251 e. The van der Waals surface area contributed by atoms with Crippen LogP contribution in [0, 0.1) is 6.92 Å². The van der Waals surface area contributed by atoms with Gasteiger partial charge in [0.1, 0.15) is 0 Å². The van der Waals surface area contributed by atoms with Gasteiger partial charge in [0.2, 0.25) is 11.8 Å². The first-order chi connectivity index (χ1) is 12.0. The molecule has 1 heterocycles. The van der Waals surface area contributed by atoms with Gasteiger partial charge in [-0.2, -0.15) is 0 Å². The van der Waals surface area contributed by atoms with Crippen molar-refractivity contribution in [2.45, 2.75) is 32.9 Å². The summed E-state index contributed by atoms with van der Waals surface area (Å²) in [6.07, 6.45) is 0.580. The minimum atomic E-state index is -0.151. The molecule has 0 bridgehead atoms. The Labute approximate surface area is 146 Å². The summed E-state index contributed by atoms with van der Waals surface area (Å²) in [5.41, 5.74) is 3.59. The highest BCUT2D eigenvalue weighted by atomic mass is 16.2. The van der Waals surface area contributed by atoms with E-state index in [1.165, 1.54) is 4.90 Å². The van der Waals surface area contributed by atoms with Gasteiger partial charge in [-0.15, -0.1) is 0 Å². The summed E-state index contributed by atoms with van der Waals surface area (Å²) in [7, 11) is 0. The number of hydrogen-bond acceptors (Lipinski definition) is 3. The fourth-order valence-electron chi connectivity index (χ4n) is 2.85. The molecule has 0 aromatic heterocycles. The zero-order valence-corrected chi connectivity index (χ0v) is 14.1. The summed E-state index contributed by atoms with van der Waals surface area (Å²) in [5, 5.41) is 2.89. The van der Waals surface area contributed by atoms with Crippen LogP contribution >= 0.6 is 0 Å². The Hall–Kier alpha value is -2.95. The van der Waals surface area contributed by atoms with Crippen LogP contribution in [0.4, 0.5) is 0 Å². The molecule has 5 heteroatoms. The summed E-state index contributed by atoms with van der Waals surface area (Å²) in [5.74, 6) is -0.420. The summed E-state index contributed by atoms with van der Waals surface area (Å²) in [4.78, 5) is 36.8. The van der Waals surface area contributed by atoms with E-state index in [0.29, 0.717) is 12.1 Å². The smallest absolute Gasteiger partial charge is 0.251 e. The molecule has 1 saturated heterocycles. The van der Waals surface area contributed by atoms with Crippen LogP contribution < -0.4 is 5.32 Å². The average Bonchev–Trinajstić information content (AvgIpc) is 2.92. The normalized spacial score (nSPS) is 14.0. The molecule has 0 spiro atoms. The van der Waals surface area contributed by atoms with Gasteiger partial charge in [-0.05, 0) is 30.2 Å². The van der Waals surface area contributed by atoms with Crippen molar-refractivity contribution in [1.82, 2.24) is 10.2 Å². The fourth-order valence-corrected chi connectivity index (χ4v) is 2.85. The van der Waals surface area contributed by atoms with Crippen molar-refractivity contribution in [2.24, 2.45) is 0 Å². The van der Waals surface area contributed by atoms with Crippen molar-refractivity contribution in [2.75, 3.05) is 0 Å². The largest absolute Gasteiger partial charge is 0.348 e. The minimum Gasteiger partial charge on any atom is -0.348 e. The van der Waals surface area contributed by atoms with E-state index in [0.717, 1.165) is 16.7 Å². The zero-order chi connectivity index (χ0) is 17.8. The number of aryl methyl sites for hydroxylation is 1. The number of rotatable bonds is 5. The first-order valence-corrected chi connectivity index (χ1v) is 8.29. The molecule has 0 unspecified atom stereocenters. The molecule has 1 fully saturated rings. The van der Waals surface area contributed by atoms with Crippen molar-refractivity contribution in [3.63, 3.8) is 0 Å². The number of carbonyl (C=O) groups is 3. The first-order valence-electron chi connectivity index (χ1n) is 8.29. The maximum atomic E-state index is 12.2. The molecule has 1 aliphatic rings. The molecule has 1 aliphatic heterocycles. The lowest BCUT2D eigenvalue weighted by Gasteiger charge is -2.14. The van der Waals surface area contributed by atoms with Gasteiger partial charge in [0.15, 0.2) is 0 Å². The second-order valence-corrected chi connectivity index (χ2v) is 6.24. The van der Waals surface area contributed by atoms with E-state index >= 15 is 0 Å². The van der Waals surface area contributed by atoms with Crippen molar-refractivity contribution >= 4 is 17.7 Å². The van der Waals surface area contributed by atoms with E-state index in [9.17, 15) is 14.4 Å². The van der Waals surface area contributed by atoms with E-state index < -0.39 is 0 Å². The standard InChI is InChI=1S/C20H20N2O3/c1-14-3-2-4-16(11-14)12-21-20(25)17-7-5-15(6-8-17)13-22-18(23)9-10-19(22)24/h2-8,11H,9-10,12-13H2,1H3,(H,21,25).